The largest absolute Gasteiger partial charge is 0.487 e. The van der Waals surface area contributed by atoms with Gasteiger partial charge in [-0.3, -0.25) is 4.79 Å². The van der Waals surface area contributed by atoms with Crippen molar-refractivity contribution in [2.45, 2.75) is 26.4 Å². The number of carbonyl (C=O) groups is 1. The lowest BCUT2D eigenvalue weighted by Crippen LogP contribution is -2.40. The average Bonchev–Trinajstić information content (AvgIpc) is 2.45. The molecule has 0 fully saturated rings. The van der Waals surface area contributed by atoms with Crippen LogP contribution in [0.3, 0.4) is 0 Å². The van der Waals surface area contributed by atoms with Crippen molar-refractivity contribution in [2.24, 2.45) is 5.92 Å². The third kappa shape index (κ3) is 7.02. The Labute approximate surface area is 138 Å². The minimum atomic E-state index is -0.0827. The number of benzene rings is 1. The van der Waals surface area contributed by atoms with Gasteiger partial charge in [0.1, 0.15) is 11.9 Å². The van der Waals surface area contributed by atoms with Crippen molar-refractivity contribution < 1.29 is 9.53 Å². The van der Waals surface area contributed by atoms with Gasteiger partial charge >= 0.3 is 0 Å². The van der Waals surface area contributed by atoms with Crippen LogP contribution < -0.4 is 15.4 Å². The van der Waals surface area contributed by atoms with Gasteiger partial charge in [0.2, 0.25) is 5.91 Å². The van der Waals surface area contributed by atoms with Crippen LogP contribution in [0, 0.1) is 5.92 Å². The molecule has 0 spiro atoms. The van der Waals surface area contributed by atoms with Crippen LogP contribution in [-0.4, -0.2) is 32.1 Å². The van der Waals surface area contributed by atoms with E-state index in [2.05, 4.69) is 10.6 Å². The lowest BCUT2D eigenvalue weighted by molar-refractivity contribution is -0.124. The van der Waals surface area contributed by atoms with E-state index in [9.17, 15) is 4.79 Å². The number of amides is 1. The smallest absolute Gasteiger partial charge is 0.224 e. The van der Waals surface area contributed by atoms with E-state index in [4.69, 9.17) is 16.3 Å². The van der Waals surface area contributed by atoms with Crippen molar-refractivity contribution >= 4 is 29.9 Å². The zero-order chi connectivity index (χ0) is 15.0. The summed E-state index contributed by atoms with van der Waals surface area (Å²) in [6.07, 6.45) is 0.715. The molecule has 0 aliphatic rings. The summed E-state index contributed by atoms with van der Waals surface area (Å²) in [5.41, 5.74) is 0. The highest BCUT2D eigenvalue weighted by Gasteiger charge is 2.15. The monoisotopic (exact) mass is 334 g/mol. The molecule has 0 aliphatic carbocycles. The predicted molar refractivity (Wildman–Crippen MR) is 89.5 cm³/mol. The van der Waals surface area contributed by atoms with Crippen LogP contribution in [0.5, 0.6) is 5.75 Å². The van der Waals surface area contributed by atoms with E-state index in [0.717, 1.165) is 6.42 Å². The van der Waals surface area contributed by atoms with E-state index < -0.39 is 0 Å². The van der Waals surface area contributed by atoms with Crippen molar-refractivity contribution in [3.8, 4) is 5.75 Å². The minimum absolute atomic E-state index is 0. The quantitative estimate of drug-likeness (QED) is 0.768. The van der Waals surface area contributed by atoms with Gasteiger partial charge in [0.25, 0.3) is 0 Å². The maximum atomic E-state index is 11.8. The molecule has 0 aromatic heterocycles. The van der Waals surface area contributed by atoms with Crippen LogP contribution >= 0.6 is 24.0 Å². The molecule has 4 nitrogen and oxygen atoms in total. The highest BCUT2D eigenvalue weighted by molar-refractivity contribution is 6.32. The van der Waals surface area contributed by atoms with Gasteiger partial charge in [-0.2, -0.15) is 0 Å². The fourth-order valence-corrected chi connectivity index (χ4v) is 1.96. The Morgan fingerprint density at radius 2 is 2.00 bits per heavy atom. The number of hydrogen-bond donors (Lipinski definition) is 2. The molecule has 2 atom stereocenters. The van der Waals surface area contributed by atoms with E-state index in [-0.39, 0.29) is 30.3 Å². The number of hydrogen-bond acceptors (Lipinski definition) is 3. The van der Waals surface area contributed by atoms with Crippen molar-refractivity contribution in [1.82, 2.24) is 10.6 Å². The third-order valence-electron chi connectivity index (χ3n) is 3.05. The van der Waals surface area contributed by atoms with Crippen molar-refractivity contribution in [3.05, 3.63) is 29.3 Å². The van der Waals surface area contributed by atoms with Crippen LogP contribution in [0.4, 0.5) is 0 Å². The normalized spacial score (nSPS) is 13.0. The highest BCUT2D eigenvalue weighted by Crippen LogP contribution is 2.24. The first-order valence-electron chi connectivity index (χ1n) is 6.92. The molecule has 0 saturated carbocycles. The van der Waals surface area contributed by atoms with Crippen LogP contribution in [0.15, 0.2) is 24.3 Å². The molecule has 21 heavy (non-hydrogen) atoms. The average molecular weight is 335 g/mol. The molecule has 0 saturated heterocycles. The molecule has 1 aromatic carbocycles. The third-order valence-corrected chi connectivity index (χ3v) is 3.36. The van der Waals surface area contributed by atoms with E-state index >= 15 is 0 Å². The van der Waals surface area contributed by atoms with Crippen LogP contribution in [-0.2, 0) is 4.79 Å². The van der Waals surface area contributed by atoms with Crippen LogP contribution in [0.1, 0.15) is 20.3 Å². The van der Waals surface area contributed by atoms with Crippen molar-refractivity contribution in [3.63, 3.8) is 0 Å². The Balaban J connectivity index is 0.00000400. The maximum absolute atomic E-state index is 11.8. The molecule has 2 N–H and O–H groups in total. The maximum Gasteiger partial charge on any atom is 0.224 e. The van der Waals surface area contributed by atoms with Gasteiger partial charge in [-0.1, -0.05) is 37.6 Å². The number of carbonyl (C=O) groups excluding carboxylic acids is 1. The summed E-state index contributed by atoms with van der Waals surface area (Å²) in [4.78, 5) is 11.8. The molecular weight excluding hydrogens is 311 g/mol. The Hall–Kier alpha value is -0.970. The van der Waals surface area contributed by atoms with E-state index in [1.807, 2.05) is 39.1 Å². The second-order valence-corrected chi connectivity index (χ2v) is 5.19. The van der Waals surface area contributed by atoms with Gasteiger partial charge in [0.15, 0.2) is 0 Å². The number of ether oxygens (including phenoxy) is 1. The van der Waals surface area contributed by atoms with E-state index in [0.29, 0.717) is 23.9 Å². The zero-order valence-corrected chi connectivity index (χ0v) is 14.3. The second-order valence-electron chi connectivity index (χ2n) is 4.78. The first-order chi connectivity index (χ1) is 9.58. The molecule has 1 aromatic rings. The number of halogens is 2. The molecule has 0 bridgehead atoms. The minimum Gasteiger partial charge on any atom is -0.487 e. The summed E-state index contributed by atoms with van der Waals surface area (Å²) < 4.78 is 5.82. The van der Waals surface area contributed by atoms with E-state index in [1.165, 1.54) is 0 Å². The summed E-state index contributed by atoms with van der Waals surface area (Å²) in [7, 11) is 1.83. The first-order valence-corrected chi connectivity index (χ1v) is 7.29. The number of rotatable bonds is 8. The second kappa shape index (κ2) is 10.7. The fourth-order valence-electron chi connectivity index (χ4n) is 1.78. The van der Waals surface area contributed by atoms with Gasteiger partial charge < -0.3 is 15.4 Å². The Kier molecular flexibility index (Phi) is 10.2. The first kappa shape index (κ1) is 20.0. The van der Waals surface area contributed by atoms with Gasteiger partial charge in [-0.05, 0) is 25.6 Å². The number of para-hydroxylation sites is 1. The molecule has 2 unspecified atom stereocenters. The van der Waals surface area contributed by atoms with Gasteiger partial charge in [-0.25, -0.2) is 0 Å². The zero-order valence-electron chi connectivity index (χ0n) is 12.7. The summed E-state index contributed by atoms with van der Waals surface area (Å²) in [6, 6.07) is 7.35. The molecule has 0 heterocycles. The summed E-state index contributed by atoms with van der Waals surface area (Å²) in [6.45, 7) is 5.05. The summed E-state index contributed by atoms with van der Waals surface area (Å²) >= 11 is 6.06. The molecular formula is C15H24Cl2N2O2. The highest BCUT2D eigenvalue weighted by atomic mass is 35.5. The Morgan fingerprint density at radius 3 is 2.57 bits per heavy atom. The topological polar surface area (TPSA) is 50.4 Å². The lowest BCUT2D eigenvalue weighted by atomic mass is 10.1. The van der Waals surface area contributed by atoms with E-state index in [1.54, 1.807) is 6.07 Å². The van der Waals surface area contributed by atoms with Gasteiger partial charge in [0, 0.05) is 12.5 Å². The summed E-state index contributed by atoms with van der Waals surface area (Å²) in [5.74, 6) is 0.622. The Bertz CT molecular complexity index is 430. The van der Waals surface area contributed by atoms with Gasteiger partial charge in [0.05, 0.1) is 11.6 Å². The number of nitrogens with one attached hydrogen (secondary N) is 2. The molecule has 1 rings (SSSR count). The fraction of sp³-hybridized carbons (Fsp3) is 0.533. The van der Waals surface area contributed by atoms with Crippen molar-refractivity contribution in [2.75, 3.05) is 20.1 Å². The van der Waals surface area contributed by atoms with Crippen LogP contribution in [0.2, 0.25) is 5.02 Å². The van der Waals surface area contributed by atoms with Crippen LogP contribution in [0.25, 0.3) is 0 Å². The molecule has 6 heteroatoms. The predicted octanol–water partition coefficient (Wildman–Crippen LogP) is 2.89. The standard InChI is InChI=1S/C15H23ClN2O2.ClH/c1-4-12(10-18-15(19)11(2)9-17-3)20-14-8-6-5-7-13(14)16;/h5-8,11-12,17H,4,9-10H2,1-3H3,(H,18,19);1H. The van der Waals surface area contributed by atoms with Gasteiger partial charge in [-0.15, -0.1) is 12.4 Å². The SMILES string of the molecule is CCC(CNC(=O)C(C)CNC)Oc1ccccc1Cl.Cl. The molecule has 120 valence electrons. The molecule has 0 radical (unpaired) electrons. The summed E-state index contributed by atoms with van der Waals surface area (Å²) in [5, 5.41) is 6.48. The molecule has 0 aliphatic heterocycles. The Morgan fingerprint density at radius 1 is 1.33 bits per heavy atom. The van der Waals surface area contributed by atoms with Crippen molar-refractivity contribution in [1.29, 1.82) is 0 Å². The lowest BCUT2D eigenvalue weighted by Gasteiger charge is -2.20. The molecule has 1 amide bonds.